The molecule has 0 saturated carbocycles. The zero-order valence-corrected chi connectivity index (χ0v) is 11.4. The van der Waals surface area contributed by atoms with Gasteiger partial charge in [0, 0.05) is 0 Å². The van der Waals surface area contributed by atoms with Crippen molar-refractivity contribution in [3.8, 4) is 11.5 Å². The predicted octanol–water partition coefficient (Wildman–Crippen LogP) is 3.45. The molecule has 4 nitrogen and oxygen atoms in total. The second-order valence-corrected chi connectivity index (χ2v) is 4.07. The maximum Gasteiger partial charge on any atom is 0.189 e. The van der Waals surface area contributed by atoms with E-state index in [1.165, 1.54) is 0 Å². The molecule has 0 spiro atoms. The predicted molar refractivity (Wildman–Crippen MR) is 72.4 cm³/mol. The van der Waals surface area contributed by atoms with E-state index in [0.717, 1.165) is 34.8 Å². The van der Waals surface area contributed by atoms with Crippen LogP contribution in [0.15, 0.2) is 12.1 Å². The van der Waals surface area contributed by atoms with Crippen LogP contribution < -0.4 is 9.47 Å². The van der Waals surface area contributed by atoms with Crippen LogP contribution in [0.25, 0.3) is 11.0 Å². The molecule has 0 fully saturated rings. The molecule has 2 heterocycles. The number of hydrogen-bond donors (Lipinski definition) is 1. The normalized spacial score (nSPS) is 17.2. The summed E-state index contributed by atoms with van der Waals surface area (Å²) in [5.41, 5.74) is 1.87. The smallest absolute Gasteiger partial charge is 0.189 e. The number of aromatic nitrogens is 2. The van der Waals surface area contributed by atoms with Crippen molar-refractivity contribution in [2.75, 3.05) is 6.61 Å². The molecule has 0 amide bonds. The van der Waals surface area contributed by atoms with Crippen LogP contribution in [0, 0.1) is 6.92 Å². The van der Waals surface area contributed by atoms with Gasteiger partial charge in [-0.3, -0.25) is 0 Å². The van der Waals surface area contributed by atoms with E-state index in [4.69, 9.17) is 9.47 Å². The maximum absolute atomic E-state index is 5.90. The number of ether oxygens (including phenoxy) is 2. The van der Waals surface area contributed by atoms with Gasteiger partial charge in [-0.15, -0.1) is 0 Å². The summed E-state index contributed by atoms with van der Waals surface area (Å²) in [7, 11) is 0. The second-order valence-electron chi connectivity index (χ2n) is 4.07. The van der Waals surface area contributed by atoms with Crippen molar-refractivity contribution in [3.05, 3.63) is 18.0 Å². The minimum atomic E-state index is 0.134. The van der Waals surface area contributed by atoms with Crippen LogP contribution in [-0.2, 0) is 0 Å². The van der Waals surface area contributed by atoms with Crippen LogP contribution >= 0.6 is 0 Å². The Labute approximate surface area is 107 Å². The van der Waals surface area contributed by atoms with Crippen LogP contribution in [0.3, 0.4) is 0 Å². The fourth-order valence-electron chi connectivity index (χ4n) is 1.97. The number of hydrogen-bond acceptors (Lipinski definition) is 3. The lowest BCUT2D eigenvalue weighted by molar-refractivity contribution is 0.0902. The van der Waals surface area contributed by atoms with Gasteiger partial charge in [0.1, 0.15) is 24.1 Å². The van der Waals surface area contributed by atoms with Crippen LogP contribution in [0.1, 0.15) is 33.0 Å². The largest absolute Gasteiger partial charge is 0.486 e. The number of rotatable bonds is 1. The molecule has 2 aromatic rings. The number of imidazole rings is 1. The third-order valence-electron chi connectivity index (χ3n) is 2.86. The molecule has 1 atom stereocenters. The molecule has 1 aliphatic rings. The lowest BCUT2D eigenvalue weighted by Gasteiger charge is -2.25. The van der Waals surface area contributed by atoms with Gasteiger partial charge in [-0.2, -0.15) is 0 Å². The molecule has 1 N–H and O–H groups in total. The molecule has 0 radical (unpaired) electrons. The monoisotopic (exact) mass is 248 g/mol. The first kappa shape index (κ1) is 12.7. The zero-order valence-electron chi connectivity index (χ0n) is 11.4. The highest BCUT2D eigenvalue weighted by molar-refractivity contribution is 5.85. The van der Waals surface area contributed by atoms with Crippen LogP contribution in [0.5, 0.6) is 11.5 Å². The van der Waals surface area contributed by atoms with Crippen molar-refractivity contribution >= 4 is 11.0 Å². The summed E-state index contributed by atoms with van der Waals surface area (Å²) in [6.45, 7) is 8.65. The number of fused-ring (bicyclic) bond motifs is 3. The molecule has 0 bridgehead atoms. The van der Waals surface area contributed by atoms with E-state index in [1.807, 2.05) is 32.9 Å². The molecule has 1 aromatic heterocycles. The molecule has 3 rings (SSSR count). The van der Waals surface area contributed by atoms with E-state index in [1.54, 1.807) is 0 Å². The minimum absolute atomic E-state index is 0.134. The first-order chi connectivity index (χ1) is 8.78. The lowest BCUT2D eigenvalue weighted by atomic mass is 10.2. The highest BCUT2D eigenvalue weighted by Crippen LogP contribution is 2.38. The van der Waals surface area contributed by atoms with Gasteiger partial charge in [-0.25, -0.2) is 4.98 Å². The number of nitrogens with one attached hydrogen (secondary N) is 1. The molecule has 0 aliphatic carbocycles. The molecule has 0 saturated heterocycles. The van der Waals surface area contributed by atoms with Gasteiger partial charge in [-0.05, 0) is 25.5 Å². The van der Waals surface area contributed by atoms with Crippen LogP contribution in [-0.4, -0.2) is 22.7 Å². The van der Waals surface area contributed by atoms with E-state index in [2.05, 4.69) is 16.9 Å². The minimum Gasteiger partial charge on any atom is -0.486 e. The van der Waals surface area contributed by atoms with Crippen molar-refractivity contribution in [2.24, 2.45) is 0 Å². The Bertz CT molecular complexity index is 534. The quantitative estimate of drug-likeness (QED) is 0.840. The molecule has 1 aromatic carbocycles. The average molecular weight is 248 g/mol. The Kier molecular flexibility index (Phi) is 3.75. The van der Waals surface area contributed by atoms with Crippen molar-refractivity contribution in [1.29, 1.82) is 0 Å². The Balaban J connectivity index is 0.000000574. The Morgan fingerprint density at radius 2 is 2.17 bits per heavy atom. The van der Waals surface area contributed by atoms with Crippen LogP contribution in [0.2, 0.25) is 0 Å². The summed E-state index contributed by atoms with van der Waals surface area (Å²) in [5, 5.41) is 0. The van der Waals surface area contributed by atoms with Gasteiger partial charge in [0.25, 0.3) is 0 Å². The highest BCUT2D eigenvalue weighted by atomic mass is 16.6. The Hall–Kier alpha value is -1.71. The highest BCUT2D eigenvalue weighted by Gasteiger charge is 2.23. The van der Waals surface area contributed by atoms with Gasteiger partial charge >= 0.3 is 0 Å². The van der Waals surface area contributed by atoms with Crippen LogP contribution in [0.4, 0.5) is 0 Å². The first-order valence-electron chi connectivity index (χ1n) is 6.56. The summed E-state index contributed by atoms with van der Waals surface area (Å²) in [4.78, 5) is 7.63. The summed E-state index contributed by atoms with van der Waals surface area (Å²) in [5.74, 6) is 2.47. The summed E-state index contributed by atoms with van der Waals surface area (Å²) in [6, 6.07) is 3.91. The summed E-state index contributed by atoms with van der Waals surface area (Å²) >= 11 is 0. The molecule has 1 aliphatic heterocycles. The Morgan fingerprint density at radius 3 is 2.89 bits per heavy atom. The van der Waals surface area contributed by atoms with E-state index < -0.39 is 0 Å². The standard InChI is InChI=1S/C12H14N2O2.C2H6/c1-3-8-6-15-10-5-4-9-11(12(10)16-8)14-7(2)13-9;1-2/h4-5,8H,3,6H2,1-2H3,(H,13,14);1-2H3. The zero-order chi connectivity index (χ0) is 13.1. The topological polar surface area (TPSA) is 47.1 Å². The fourth-order valence-corrected chi connectivity index (χ4v) is 1.97. The number of H-pyrrole nitrogens is 1. The van der Waals surface area contributed by atoms with E-state index in [0.29, 0.717) is 6.61 Å². The summed E-state index contributed by atoms with van der Waals surface area (Å²) in [6.07, 6.45) is 1.08. The molecule has 1 unspecified atom stereocenters. The first-order valence-corrected chi connectivity index (χ1v) is 6.56. The van der Waals surface area contributed by atoms with Gasteiger partial charge in [0.2, 0.25) is 0 Å². The van der Waals surface area contributed by atoms with E-state index >= 15 is 0 Å². The Morgan fingerprint density at radius 1 is 1.39 bits per heavy atom. The number of aryl methyl sites for hydroxylation is 1. The number of nitrogens with zero attached hydrogens (tertiary/aromatic N) is 1. The van der Waals surface area contributed by atoms with Crippen molar-refractivity contribution < 1.29 is 9.47 Å². The SMILES string of the molecule is CC.CCC1COc2ccc3[nH]c(C)nc3c2O1. The van der Waals surface area contributed by atoms with E-state index in [-0.39, 0.29) is 6.10 Å². The lowest BCUT2D eigenvalue weighted by Crippen LogP contribution is -2.28. The average Bonchev–Trinajstić information content (AvgIpc) is 2.81. The van der Waals surface area contributed by atoms with Gasteiger partial charge < -0.3 is 14.5 Å². The second kappa shape index (κ2) is 5.29. The third kappa shape index (κ3) is 2.15. The number of benzene rings is 1. The van der Waals surface area contributed by atoms with Gasteiger partial charge in [0.15, 0.2) is 11.5 Å². The number of aromatic amines is 1. The maximum atomic E-state index is 5.90. The summed E-state index contributed by atoms with van der Waals surface area (Å²) < 4.78 is 11.6. The van der Waals surface area contributed by atoms with Crippen molar-refractivity contribution in [3.63, 3.8) is 0 Å². The van der Waals surface area contributed by atoms with Crippen molar-refractivity contribution in [1.82, 2.24) is 9.97 Å². The van der Waals surface area contributed by atoms with Crippen molar-refractivity contribution in [2.45, 2.75) is 40.2 Å². The van der Waals surface area contributed by atoms with E-state index in [9.17, 15) is 0 Å². The van der Waals surface area contributed by atoms with Gasteiger partial charge in [0.05, 0.1) is 5.52 Å². The molecular formula is C14H20N2O2. The molecule has 98 valence electrons. The third-order valence-corrected chi connectivity index (χ3v) is 2.86. The molecular weight excluding hydrogens is 228 g/mol. The van der Waals surface area contributed by atoms with Gasteiger partial charge in [-0.1, -0.05) is 20.8 Å². The molecule has 4 heteroatoms. The molecule has 18 heavy (non-hydrogen) atoms. The fraction of sp³-hybridized carbons (Fsp3) is 0.500.